The maximum atomic E-state index is 5.84. The average Bonchev–Trinajstić information content (AvgIpc) is 1.87. The van der Waals surface area contributed by atoms with Gasteiger partial charge in [-0.15, -0.1) is 0 Å². The fraction of sp³-hybridized carbons (Fsp3) is 1.00. The van der Waals surface area contributed by atoms with Gasteiger partial charge in [-0.3, -0.25) is 0 Å². The Hall–Kier alpha value is 0.961. The third-order valence-electron chi connectivity index (χ3n) is 2.09. The van der Waals surface area contributed by atoms with Gasteiger partial charge in [-0.25, -0.2) is 0 Å². The van der Waals surface area contributed by atoms with E-state index in [4.69, 9.17) is 4.43 Å². The Morgan fingerprint density at radius 3 is 2.70 bits per heavy atom. The fourth-order valence-electron chi connectivity index (χ4n) is 1.45. The van der Waals surface area contributed by atoms with Crippen LogP contribution < -0.4 is 0 Å². The van der Waals surface area contributed by atoms with Gasteiger partial charge in [0.2, 0.25) is 7.71 Å². The lowest BCUT2D eigenvalue weighted by molar-refractivity contribution is 0.330. The number of rotatable bonds is 1. The molecule has 1 saturated heterocycles. The molecular formula is C5H16OSSi3. The van der Waals surface area contributed by atoms with Gasteiger partial charge in [0.05, 0.1) is 17.0 Å². The second kappa shape index (κ2) is 3.57. The van der Waals surface area contributed by atoms with Gasteiger partial charge in [0.1, 0.15) is 0 Å². The van der Waals surface area contributed by atoms with E-state index in [0.717, 1.165) is 6.61 Å². The highest BCUT2D eigenvalue weighted by Crippen LogP contribution is 2.26. The SMILES string of the molecule is C[Si]1(C)CCCO[SiH]1S[SiH3]. The summed E-state index contributed by atoms with van der Waals surface area (Å²) < 4.78 is 5.84. The van der Waals surface area contributed by atoms with Gasteiger partial charge in [-0.2, -0.15) is 10.7 Å². The van der Waals surface area contributed by atoms with E-state index in [9.17, 15) is 0 Å². The fourth-order valence-corrected chi connectivity index (χ4v) is 35.2. The van der Waals surface area contributed by atoms with E-state index < -0.39 is 15.3 Å². The molecule has 10 heavy (non-hydrogen) atoms. The lowest BCUT2D eigenvalue weighted by Gasteiger charge is -2.34. The molecule has 1 unspecified atom stereocenters. The monoisotopic (exact) mass is 208 g/mol. The summed E-state index contributed by atoms with van der Waals surface area (Å²) in [5, 5.41) is 0. The first-order chi connectivity index (χ1) is 4.67. The molecule has 1 aliphatic heterocycles. The zero-order valence-corrected chi connectivity index (χ0v) is 12.0. The molecule has 1 aliphatic rings. The van der Waals surface area contributed by atoms with Crippen molar-refractivity contribution < 1.29 is 4.43 Å². The molecule has 0 aromatic heterocycles. The molecule has 0 aromatic carbocycles. The van der Waals surface area contributed by atoms with Gasteiger partial charge in [0, 0.05) is 6.61 Å². The van der Waals surface area contributed by atoms with E-state index >= 15 is 0 Å². The van der Waals surface area contributed by atoms with Crippen molar-refractivity contribution in [3.63, 3.8) is 0 Å². The summed E-state index contributed by atoms with van der Waals surface area (Å²) in [5.41, 5.74) is 0. The molecule has 0 aliphatic carbocycles. The van der Waals surface area contributed by atoms with Crippen LogP contribution in [0.2, 0.25) is 19.1 Å². The van der Waals surface area contributed by atoms with Crippen LogP contribution in [-0.4, -0.2) is 31.3 Å². The van der Waals surface area contributed by atoms with Crippen molar-refractivity contribution >= 4 is 35.4 Å². The van der Waals surface area contributed by atoms with Crippen LogP contribution in [0.1, 0.15) is 6.42 Å². The van der Waals surface area contributed by atoms with E-state index in [-0.39, 0.29) is 0 Å². The Bertz CT molecular complexity index is 119. The first-order valence-electron chi connectivity index (χ1n) is 3.81. The van der Waals surface area contributed by atoms with Gasteiger partial charge >= 0.3 is 0 Å². The molecule has 0 amide bonds. The van der Waals surface area contributed by atoms with Crippen molar-refractivity contribution in [3.8, 4) is 0 Å². The highest BCUT2D eigenvalue weighted by molar-refractivity contribution is 8.44. The smallest absolute Gasteiger partial charge is 0.216 e. The molecular weight excluding hydrogens is 192 g/mol. The molecule has 60 valence electrons. The molecule has 0 spiro atoms. The van der Waals surface area contributed by atoms with Crippen LogP contribution >= 0.6 is 10.7 Å². The summed E-state index contributed by atoms with van der Waals surface area (Å²) in [6.07, 6.45) is 1.34. The quantitative estimate of drug-likeness (QED) is 0.578. The molecule has 0 saturated carbocycles. The Labute approximate surface area is 72.2 Å². The lowest BCUT2D eigenvalue weighted by atomic mass is 10.5. The maximum absolute atomic E-state index is 5.84. The topological polar surface area (TPSA) is 9.23 Å². The minimum Gasteiger partial charge on any atom is -0.413 e. The zero-order chi connectivity index (χ0) is 7.61. The largest absolute Gasteiger partial charge is 0.413 e. The van der Waals surface area contributed by atoms with Crippen LogP contribution in [0.15, 0.2) is 0 Å². The summed E-state index contributed by atoms with van der Waals surface area (Å²) in [6, 6.07) is 1.53. The van der Waals surface area contributed by atoms with Gasteiger partial charge in [-0.05, 0) is 6.42 Å². The Morgan fingerprint density at radius 1 is 1.60 bits per heavy atom. The molecule has 0 aromatic rings. The minimum absolute atomic E-state index is 0.697. The van der Waals surface area contributed by atoms with E-state index in [0.29, 0.717) is 0 Å². The molecule has 1 nitrogen and oxygen atoms in total. The van der Waals surface area contributed by atoms with Crippen LogP contribution in [0.3, 0.4) is 0 Å². The van der Waals surface area contributed by atoms with Crippen LogP contribution in [0.4, 0.5) is 0 Å². The minimum atomic E-state index is -0.806. The second-order valence-electron chi connectivity index (χ2n) is 3.53. The van der Waals surface area contributed by atoms with Gasteiger partial charge < -0.3 is 4.43 Å². The first-order valence-corrected chi connectivity index (χ1v) is 14.5. The molecule has 1 fully saturated rings. The van der Waals surface area contributed by atoms with Crippen LogP contribution in [-0.2, 0) is 4.43 Å². The highest BCUT2D eigenvalue weighted by atomic mass is 32.5. The van der Waals surface area contributed by atoms with E-state index in [1.54, 1.807) is 0 Å². The van der Waals surface area contributed by atoms with Crippen LogP contribution in [0, 0.1) is 0 Å². The molecule has 5 heteroatoms. The molecule has 1 heterocycles. The predicted octanol–water partition coefficient (Wildman–Crippen LogP) is 0.428. The van der Waals surface area contributed by atoms with Crippen molar-refractivity contribution in [2.24, 2.45) is 0 Å². The molecule has 0 N–H and O–H groups in total. The summed E-state index contributed by atoms with van der Waals surface area (Å²) in [5.74, 6) is 0. The maximum Gasteiger partial charge on any atom is 0.216 e. The van der Waals surface area contributed by atoms with Crippen molar-refractivity contribution in [1.82, 2.24) is 0 Å². The van der Waals surface area contributed by atoms with Crippen LogP contribution in [0.25, 0.3) is 0 Å². The van der Waals surface area contributed by atoms with Crippen molar-refractivity contribution in [3.05, 3.63) is 0 Å². The van der Waals surface area contributed by atoms with Crippen LogP contribution in [0.5, 0.6) is 0 Å². The van der Waals surface area contributed by atoms with Crippen molar-refractivity contribution in [2.45, 2.75) is 25.6 Å². The second-order valence-corrected chi connectivity index (χ2v) is 23.9. The summed E-state index contributed by atoms with van der Waals surface area (Å²) in [6.45, 7) is 6.09. The molecule has 0 bridgehead atoms. The van der Waals surface area contributed by atoms with Gasteiger partial charge in [-0.1, -0.05) is 19.1 Å². The number of hydrogen-bond acceptors (Lipinski definition) is 2. The first kappa shape index (κ1) is 9.05. The van der Waals surface area contributed by atoms with E-state index in [1.807, 2.05) is 0 Å². The molecule has 1 atom stereocenters. The summed E-state index contributed by atoms with van der Waals surface area (Å²) in [7, 11) is 1.96. The predicted molar refractivity (Wildman–Crippen MR) is 57.5 cm³/mol. The Morgan fingerprint density at radius 2 is 2.30 bits per heavy atom. The third-order valence-corrected chi connectivity index (χ3v) is 28.8. The zero-order valence-electron chi connectivity index (χ0n) is 7.02. The van der Waals surface area contributed by atoms with E-state index in [1.165, 1.54) is 21.9 Å². The van der Waals surface area contributed by atoms with Crippen molar-refractivity contribution in [2.75, 3.05) is 6.61 Å². The van der Waals surface area contributed by atoms with Gasteiger partial charge in [0.15, 0.2) is 0 Å². The Kier molecular flexibility index (Phi) is 3.23. The molecule has 0 radical (unpaired) electrons. The van der Waals surface area contributed by atoms with Gasteiger partial charge in [0.25, 0.3) is 0 Å². The standard InChI is InChI=1S/C5H16OSSi3/c1-10(2)5-3-4-6-9(10)7-8/h9H,3-5H2,1-2,8H3. The van der Waals surface area contributed by atoms with E-state index in [2.05, 4.69) is 23.8 Å². The third kappa shape index (κ3) is 1.97. The molecule has 1 rings (SSSR count). The highest BCUT2D eigenvalue weighted by Gasteiger charge is 2.36. The summed E-state index contributed by atoms with van der Waals surface area (Å²) >= 11 is 0. The average molecular weight is 209 g/mol. The number of hydrogen-bond donors (Lipinski definition) is 0. The lowest BCUT2D eigenvalue weighted by Crippen LogP contribution is -2.49. The van der Waals surface area contributed by atoms with Crippen molar-refractivity contribution in [1.29, 1.82) is 0 Å². The summed E-state index contributed by atoms with van der Waals surface area (Å²) in [4.78, 5) is 0. The normalized spacial score (nSPS) is 32.4. The Balaban J connectivity index is 2.51.